The molecule has 3 aromatic heterocycles. The first-order valence-electron chi connectivity index (χ1n) is 11.8. The molecule has 1 fully saturated rings. The highest BCUT2D eigenvalue weighted by atomic mass is 16.6. The molecule has 1 amide bonds. The number of aliphatic hydroxyl groups is 1. The van der Waals surface area contributed by atoms with Crippen molar-refractivity contribution in [2.24, 2.45) is 5.73 Å². The molecule has 0 radical (unpaired) electrons. The van der Waals surface area contributed by atoms with Gasteiger partial charge in [0.05, 0.1) is 12.7 Å². The van der Waals surface area contributed by atoms with Crippen LogP contribution in [0.5, 0.6) is 6.01 Å². The summed E-state index contributed by atoms with van der Waals surface area (Å²) in [5.41, 5.74) is 8.49. The number of piperidine rings is 1. The molecule has 0 bridgehead atoms. The molecule has 11 heteroatoms. The molecule has 1 aliphatic rings. The summed E-state index contributed by atoms with van der Waals surface area (Å²) in [6, 6.07) is 4.03. The van der Waals surface area contributed by atoms with Crippen LogP contribution in [0, 0.1) is 0 Å². The summed E-state index contributed by atoms with van der Waals surface area (Å²) in [7, 11) is 0. The first-order chi connectivity index (χ1) is 16.6. The minimum Gasteiger partial charge on any atom is -0.396 e. The smallest absolute Gasteiger partial charge is 0.396 e. The third-order valence-electron chi connectivity index (χ3n) is 6.05. The number of ether oxygens (including phenoxy) is 1. The molecular formula is C23H32N8O3. The highest BCUT2D eigenvalue weighted by Crippen LogP contribution is 2.27. The van der Waals surface area contributed by atoms with Crippen LogP contribution in [0.1, 0.15) is 56.2 Å². The summed E-state index contributed by atoms with van der Waals surface area (Å²) >= 11 is 0. The second kappa shape index (κ2) is 11.2. The standard InChI is InChI=1S/C23H32N8O3/c1-2-3-17(8-11-32)28-21-20-19(29-23(30-21)34-22(24)33)13-27-31(20)14-15-4-5-18(26-12-15)16-6-9-25-10-7-16/h4-5,12-13,16-17,25,32H,2-3,6-11,14H2,1H3,(H2,24,33)(H,28,29,30)/t17-/m0/s1. The lowest BCUT2D eigenvalue weighted by Gasteiger charge is -2.22. The molecule has 1 aliphatic heterocycles. The summed E-state index contributed by atoms with van der Waals surface area (Å²) in [6.45, 7) is 4.66. The lowest BCUT2D eigenvalue weighted by Crippen LogP contribution is -2.27. The Morgan fingerprint density at radius 3 is 2.79 bits per heavy atom. The number of rotatable bonds is 10. The molecule has 34 heavy (non-hydrogen) atoms. The van der Waals surface area contributed by atoms with Crippen molar-refractivity contribution >= 4 is 22.9 Å². The Bertz CT molecular complexity index is 1090. The van der Waals surface area contributed by atoms with Crippen molar-refractivity contribution in [2.75, 3.05) is 25.0 Å². The molecule has 4 heterocycles. The second-order valence-corrected chi connectivity index (χ2v) is 8.57. The van der Waals surface area contributed by atoms with E-state index < -0.39 is 6.09 Å². The maximum atomic E-state index is 11.3. The minimum atomic E-state index is -0.988. The van der Waals surface area contributed by atoms with Crippen LogP contribution < -0.4 is 21.1 Å². The number of fused-ring (bicyclic) bond motifs is 1. The predicted octanol–water partition coefficient (Wildman–Crippen LogP) is 2.16. The SMILES string of the molecule is CCC[C@@H](CCO)Nc1nc(OC(N)=O)nc2cnn(Cc3ccc(C4CCNCC4)nc3)c12. The fraction of sp³-hybridized carbons (Fsp3) is 0.522. The molecule has 4 rings (SSSR count). The van der Waals surface area contributed by atoms with Crippen molar-refractivity contribution < 1.29 is 14.6 Å². The van der Waals surface area contributed by atoms with Crippen molar-refractivity contribution in [2.45, 2.75) is 57.5 Å². The van der Waals surface area contributed by atoms with Crippen molar-refractivity contribution in [1.82, 2.24) is 30.0 Å². The Kier molecular flexibility index (Phi) is 7.86. The number of aromatic nitrogens is 5. The van der Waals surface area contributed by atoms with Gasteiger partial charge in [-0.15, -0.1) is 0 Å². The van der Waals surface area contributed by atoms with Gasteiger partial charge in [0, 0.05) is 30.5 Å². The first kappa shape index (κ1) is 23.8. The number of carbonyl (C=O) groups is 1. The van der Waals surface area contributed by atoms with E-state index in [1.165, 1.54) is 0 Å². The summed E-state index contributed by atoms with van der Waals surface area (Å²) in [6.07, 6.45) is 7.05. The lowest BCUT2D eigenvalue weighted by atomic mass is 9.94. The molecular weight excluding hydrogens is 436 g/mol. The zero-order valence-corrected chi connectivity index (χ0v) is 19.4. The quantitative estimate of drug-likeness (QED) is 0.350. The molecule has 0 unspecified atom stereocenters. The Morgan fingerprint density at radius 1 is 1.29 bits per heavy atom. The zero-order valence-electron chi connectivity index (χ0n) is 19.4. The number of nitrogens with two attached hydrogens (primary N) is 1. The van der Waals surface area contributed by atoms with Crippen LogP contribution in [0.3, 0.4) is 0 Å². The third kappa shape index (κ3) is 5.78. The van der Waals surface area contributed by atoms with Gasteiger partial charge in [0.15, 0.2) is 5.82 Å². The molecule has 0 saturated carbocycles. The van der Waals surface area contributed by atoms with E-state index in [0.717, 1.165) is 50.0 Å². The van der Waals surface area contributed by atoms with Crippen molar-refractivity contribution in [3.63, 3.8) is 0 Å². The largest absolute Gasteiger partial charge is 0.412 e. The normalized spacial score (nSPS) is 15.4. The number of pyridine rings is 1. The van der Waals surface area contributed by atoms with E-state index in [2.05, 4.69) is 44.8 Å². The monoisotopic (exact) mass is 468 g/mol. The van der Waals surface area contributed by atoms with E-state index in [1.54, 1.807) is 10.9 Å². The highest BCUT2D eigenvalue weighted by molar-refractivity contribution is 5.86. The van der Waals surface area contributed by atoms with Gasteiger partial charge in [-0.3, -0.25) is 9.67 Å². The van der Waals surface area contributed by atoms with E-state index >= 15 is 0 Å². The molecule has 3 aromatic rings. The Labute approximate surface area is 198 Å². The third-order valence-corrected chi connectivity index (χ3v) is 6.05. The maximum Gasteiger partial charge on any atom is 0.412 e. The number of hydrogen-bond donors (Lipinski definition) is 4. The van der Waals surface area contributed by atoms with Crippen LogP contribution in [0.15, 0.2) is 24.5 Å². The Hall–Kier alpha value is -3.31. The van der Waals surface area contributed by atoms with Crippen LogP contribution in [0.2, 0.25) is 0 Å². The van der Waals surface area contributed by atoms with Gasteiger partial charge in [0.1, 0.15) is 11.0 Å². The van der Waals surface area contributed by atoms with Crippen molar-refractivity contribution in [1.29, 1.82) is 0 Å². The van der Waals surface area contributed by atoms with Gasteiger partial charge >= 0.3 is 12.1 Å². The van der Waals surface area contributed by atoms with Crippen molar-refractivity contribution in [3.8, 4) is 6.01 Å². The molecule has 0 spiro atoms. The average molecular weight is 469 g/mol. The fourth-order valence-electron chi connectivity index (χ4n) is 4.38. The molecule has 1 saturated heterocycles. The van der Waals surface area contributed by atoms with Crippen LogP contribution in [0.25, 0.3) is 11.0 Å². The molecule has 0 aromatic carbocycles. The molecule has 1 atom stereocenters. The van der Waals surface area contributed by atoms with Gasteiger partial charge in [-0.05, 0) is 50.4 Å². The van der Waals surface area contributed by atoms with Crippen LogP contribution >= 0.6 is 0 Å². The maximum absolute atomic E-state index is 11.3. The van der Waals surface area contributed by atoms with Gasteiger partial charge in [0.2, 0.25) is 0 Å². The van der Waals surface area contributed by atoms with E-state index in [0.29, 0.717) is 35.7 Å². The van der Waals surface area contributed by atoms with E-state index in [-0.39, 0.29) is 18.7 Å². The summed E-state index contributed by atoms with van der Waals surface area (Å²) < 4.78 is 6.74. The number of amides is 1. The lowest BCUT2D eigenvalue weighted by molar-refractivity contribution is 0.207. The second-order valence-electron chi connectivity index (χ2n) is 8.57. The van der Waals surface area contributed by atoms with Crippen LogP contribution in [0.4, 0.5) is 10.6 Å². The number of anilines is 1. The predicted molar refractivity (Wildman–Crippen MR) is 128 cm³/mol. The van der Waals surface area contributed by atoms with Gasteiger partial charge < -0.3 is 26.2 Å². The summed E-state index contributed by atoms with van der Waals surface area (Å²) in [4.78, 5) is 24.7. The van der Waals surface area contributed by atoms with E-state index in [1.807, 2.05) is 6.20 Å². The van der Waals surface area contributed by atoms with Crippen LogP contribution in [-0.4, -0.2) is 61.7 Å². The number of aliphatic hydroxyl groups excluding tert-OH is 1. The molecule has 182 valence electrons. The Balaban J connectivity index is 1.62. The highest BCUT2D eigenvalue weighted by Gasteiger charge is 2.19. The van der Waals surface area contributed by atoms with Gasteiger partial charge in [-0.2, -0.15) is 15.1 Å². The topological polar surface area (TPSA) is 153 Å². The van der Waals surface area contributed by atoms with Gasteiger partial charge in [0.25, 0.3) is 0 Å². The first-order valence-corrected chi connectivity index (χ1v) is 11.8. The van der Waals surface area contributed by atoms with E-state index in [4.69, 9.17) is 15.5 Å². The number of hydrogen-bond acceptors (Lipinski definition) is 9. The van der Waals surface area contributed by atoms with Crippen LogP contribution in [-0.2, 0) is 6.54 Å². The fourth-order valence-corrected chi connectivity index (χ4v) is 4.38. The van der Waals surface area contributed by atoms with Gasteiger partial charge in [-0.1, -0.05) is 19.4 Å². The molecule has 5 N–H and O–H groups in total. The van der Waals surface area contributed by atoms with Gasteiger partial charge in [-0.25, -0.2) is 4.79 Å². The average Bonchev–Trinajstić information content (AvgIpc) is 3.23. The number of nitrogens with one attached hydrogen (secondary N) is 2. The summed E-state index contributed by atoms with van der Waals surface area (Å²) in [5.74, 6) is 0.973. The Morgan fingerprint density at radius 2 is 2.12 bits per heavy atom. The minimum absolute atomic E-state index is 0.0104. The van der Waals surface area contributed by atoms with E-state index in [9.17, 15) is 9.90 Å². The number of nitrogens with zero attached hydrogens (tertiary/aromatic N) is 5. The number of carbonyl (C=O) groups excluding carboxylic acids is 1. The zero-order chi connectivity index (χ0) is 23.9. The molecule has 11 nitrogen and oxygen atoms in total. The number of primary amides is 1. The molecule has 0 aliphatic carbocycles. The summed E-state index contributed by atoms with van der Waals surface area (Å²) in [5, 5.41) is 20.7. The van der Waals surface area contributed by atoms with Crippen molar-refractivity contribution in [3.05, 3.63) is 35.8 Å².